The van der Waals surface area contributed by atoms with Crippen LogP contribution in [-0.2, 0) is 9.59 Å². The Morgan fingerprint density at radius 1 is 1.18 bits per heavy atom. The van der Waals surface area contributed by atoms with E-state index in [1.54, 1.807) is 0 Å². The first kappa shape index (κ1) is 24.8. The summed E-state index contributed by atoms with van der Waals surface area (Å²) < 4.78 is 27.2. The van der Waals surface area contributed by atoms with Gasteiger partial charge in [-0.1, -0.05) is 19.4 Å². The molecule has 0 aromatic heterocycles. The maximum atomic E-state index is 13.6. The van der Waals surface area contributed by atoms with Gasteiger partial charge in [0.15, 0.2) is 5.78 Å². The average molecular weight is 466 g/mol. The number of nitrogens with two attached hydrogens (primary N) is 2. The molecule has 3 fully saturated rings. The molecule has 186 valence electrons. The van der Waals surface area contributed by atoms with E-state index in [1.807, 2.05) is 6.08 Å². The van der Waals surface area contributed by atoms with Crippen molar-refractivity contribution in [3.63, 3.8) is 0 Å². The fourth-order valence-electron chi connectivity index (χ4n) is 8.07. The van der Waals surface area contributed by atoms with Crippen LogP contribution >= 0.6 is 0 Å². The van der Waals surface area contributed by atoms with E-state index < -0.39 is 12.0 Å². The van der Waals surface area contributed by atoms with E-state index in [0.29, 0.717) is 37.1 Å². The second-order valence-electron chi connectivity index (χ2n) is 11.8. The summed E-state index contributed by atoms with van der Waals surface area (Å²) in [5.41, 5.74) is 11.1. The van der Waals surface area contributed by atoms with Crippen LogP contribution in [0.4, 0.5) is 8.78 Å². The van der Waals surface area contributed by atoms with E-state index in [-0.39, 0.29) is 41.4 Å². The summed E-state index contributed by atoms with van der Waals surface area (Å²) in [5.74, 6) is 1.60. The third-order valence-corrected chi connectivity index (χ3v) is 10.2. The molecule has 4 aliphatic carbocycles. The maximum absolute atomic E-state index is 13.6. The summed E-state index contributed by atoms with van der Waals surface area (Å²) in [7, 11) is 0. The van der Waals surface area contributed by atoms with Crippen LogP contribution in [0.2, 0.25) is 0 Å². The maximum Gasteiger partial charge on any atom is 0.257 e. The molecule has 4 rings (SSSR count). The van der Waals surface area contributed by atoms with Gasteiger partial charge in [-0.2, -0.15) is 0 Å². The van der Waals surface area contributed by atoms with Gasteiger partial charge in [0.05, 0.1) is 5.54 Å². The Labute approximate surface area is 196 Å². The third kappa shape index (κ3) is 4.18. The number of nitrogens with one attached hydrogen (secondary N) is 1. The summed E-state index contributed by atoms with van der Waals surface area (Å²) in [5, 5.41) is 2.81. The Morgan fingerprint density at radius 3 is 2.64 bits per heavy atom. The quantitative estimate of drug-likeness (QED) is 0.530. The van der Waals surface area contributed by atoms with E-state index in [1.165, 1.54) is 5.57 Å². The van der Waals surface area contributed by atoms with Crippen molar-refractivity contribution in [1.82, 2.24) is 5.32 Å². The Hall–Kier alpha value is -1.34. The highest BCUT2D eigenvalue weighted by Gasteiger charge is 2.60. The molecule has 4 aliphatic rings. The molecule has 3 saturated carbocycles. The number of ketones is 1. The number of amides is 1. The molecule has 0 saturated heterocycles. The summed E-state index contributed by atoms with van der Waals surface area (Å²) in [6, 6.07) is 0. The van der Waals surface area contributed by atoms with Gasteiger partial charge < -0.3 is 16.8 Å². The fraction of sp³-hybridized carbons (Fsp3) is 0.846. The highest BCUT2D eigenvalue weighted by molar-refractivity contribution is 5.91. The molecule has 0 aromatic carbocycles. The molecular formula is C26H41F2N3O2. The van der Waals surface area contributed by atoms with Gasteiger partial charge in [0.2, 0.25) is 5.91 Å². The van der Waals surface area contributed by atoms with Crippen molar-refractivity contribution in [3.05, 3.63) is 11.6 Å². The van der Waals surface area contributed by atoms with E-state index >= 15 is 0 Å². The van der Waals surface area contributed by atoms with Gasteiger partial charge in [0.25, 0.3) is 6.43 Å². The normalized spacial score (nSPS) is 39.8. The van der Waals surface area contributed by atoms with Gasteiger partial charge in [-0.3, -0.25) is 9.59 Å². The predicted octanol–water partition coefficient (Wildman–Crippen LogP) is 3.95. The Kier molecular flexibility index (Phi) is 6.78. The lowest BCUT2D eigenvalue weighted by atomic mass is 9.47. The minimum Gasteiger partial charge on any atom is -0.354 e. The smallest absolute Gasteiger partial charge is 0.257 e. The summed E-state index contributed by atoms with van der Waals surface area (Å²) in [4.78, 5) is 25.3. The molecule has 1 amide bonds. The molecule has 2 unspecified atom stereocenters. The highest BCUT2D eigenvalue weighted by Crippen LogP contribution is 2.66. The van der Waals surface area contributed by atoms with E-state index in [0.717, 1.165) is 44.9 Å². The Morgan fingerprint density at radius 2 is 1.94 bits per heavy atom. The molecule has 5 nitrogen and oxygen atoms in total. The van der Waals surface area contributed by atoms with Crippen molar-refractivity contribution in [3.8, 4) is 0 Å². The lowest BCUT2D eigenvalue weighted by Crippen LogP contribution is -2.57. The Balaban J connectivity index is 1.46. The van der Waals surface area contributed by atoms with Crippen LogP contribution < -0.4 is 16.8 Å². The molecule has 5 N–H and O–H groups in total. The molecule has 7 heteroatoms. The zero-order valence-corrected chi connectivity index (χ0v) is 20.2. The van der Waals surface area contributed by atoms with E-state index in [2.05, 4.69) is 19.2 Å². The van der Waals surface area contributed by atoms with Crippen molar-refractivity contribution < 1.29 is 18.4 Å². The molecule has 0 radical (unpaired) electrons. The van der Waals surface area contributed by atoms with Crippen LogP contribution in [0.3, 0.4) is 0 Å². The zero-order chi connectivity index (χ0) is 24.0. The summed E-state index contributed by atoms with van der Waals surface area (Å²) in [6.45, 7) is 4.69. The standard InChI is InChI=1S/C26H41F2N3O2/c1-24-11-8-17(32)14-16(24)4-5-18-19-6-7-21(25(19,2)12-9-20(18)24)22(33)31-15-26(30,23(27)28)10-3-13-29/h14,18-21,23H,3-13,15,29-30H2,1-2H3,(H,31,33)/t18-,19-,20+,21?,24-,25-,26?/m0/s1. The lowest BCUT2D eigenvalue weighted by molar-refractivity contribution is -0.133. The predicted molar refractivity (Wildman–Crippen MR) is 124 cm³/mol. The molecule has 0 aromatic rings. The largest absolute Gasteiger partial charge is 0.354 e. The van der Waals surface area contributed by atoms with E-state index in [9.17, 15) is 18.4 Å². The van der Waals surface area contributed by atoms with Crippen molar-refractivity contribution in [2.75, 3.05) is 13.1 Å². The molecule has 0 spiro atoms. The van der Waals surface area contributed by atoms with E-state index in [4.69, 9.17) is 11.5 Å². The second-order valence-corrected chi connectivity index (χ2v) is 11.8. The van der Waals surface area contributed by atoms with Crippen LogP contribution in [0.25, 0.3) is 0 Å². The van der Waals surface area contributed by atoms with Crippen LogP contribution in [0.15, 0.2) is 11.6 Å². The van der Waals surface area contributed by atoms with Gasteiger partial charge in [-0.05, 0) is 99.0 Å². The van der Waals surface area contributed by atoms with Crippen LogP contribution in [0.5, 0.6) is 0 Å². The van der Waals surface area contributed by atoms with Crippen molar-refractivity contribution >= 4 is 11.7 Å². The van der Waals surface area contributed by atoms with Crippen molar-refractivity contribution in [2.45, 2.75) is 90.0 Å². The van der Waals surface area contributed by atoms with Gasteiger partial charge in [0, 0.05) is 18.9 Å². The lowest BCUT2D eigenvalue weighted by Gasteiger charge is -2.58. The number of halogens is 2. The first-order valence-corrected chi connectivity index (χ1v) is 12.8. The SMILES string of the molecule is C[C@]12CCC(=O)C=C1CC[C@@H]1[C@H]2CC[C@]2(C)C(C(=O)NCC(N)(CCCN)C(F)F)CC[C@@H]12. The van der Waals surface area contributed by atoms with Gasteiger partial charge in [-0.15, -0.1) is 0 Å². The average Bonchev–Trinajstić information content (AvgIpc) is 3.13. The first-order valence-electron chi connectivity index (χ1n) is 12.8. The molecule has 0 heterocycles. The molecule has 7 atom stereocenters. The van der Waals surface area contributed by atoms with Crippen LogP contribution in [-0.4, -0.2) is 36.7 Å². The second kappa shape index (κ2) is 9.03. The number of rotatable bonds is 7. The number of hydrogen-bond acceptors (Lipinski definition) is 4. The topological polar surface area (TPSA) is 98.2 Å². The number of allylic oxidation sites excluding steroid dienone is 1. The first-order chi connectivity index (χ1) is 15.5. The summed E-state index contributed by atoms with van der Waals surface area (Å²) >= 11 is 0. The van der Waals surface area contributed by atoms with Crippen LogP contribution in [0, 0.1) is 34.5 Å². The zero-order valence-electron chi connectivity index (χ0n) is 20.2. The minimum atomic E-state index is -2.71. The Bertz CT molecular complexity index is 817. The van der Waals surface area contributed by atoms with Gasteiger partial charge >= 0.3 is 0 Å². The molecule has 0 bridgehead atoms. The highest BCUT2D eigenvalue weighted by atomic mass is 19.3. The fourth-order valence-corrected chi connectivity index (χ4v) is 8.07. The number of carbonyl (C=O) groups excluding carboxylic acids is 2. The monoisotopic (exact) mass is 465 g/mol. The molecule has 0 aliphatic heterocycles. The van der Waals surface area contributed by atoms with Crippen molar-refractivity contribution in [2.24, 2.45) is 46.0 Å². The molecule has 33 heavy (non-hydrogen) atoms. The molecular weight excluding hydrogens is 424 g/mol. The number of carbonyl (C=O) groups is 2. The number of fused-ring (bicyclic) bond motifs is 5. The van der Waals surface area contributed by atoms with Gasteiger partial charge in [-0.25, -0.2) is 8.78 Å². The minimum absolute atomic E-state index is 0.0900. The van der Waals surface area contributed by atoms with Gasteiger partial charge in [0.1, 0.15) is 0 Å². The third-order valence-electron chi connectivity index (χ3n) is 10.2. The van der Waals surface area contributed by atoms with Crippen molar-refractivity contribution in [1.29, 1.82) is 0 Å². The number of alkyl halides is 2. The summed E-state index contributed by atoms with van der Waals surface area (Å²) in [6.07, 6.45) is 7.24. The van der Waals surface area contributed by atoms with Crippen LogP contribution in [0.1, 0.15) is 78.1 Å². The number of hydrogen-bond donors (Lipinski definition) is 3.